The van der Waals surface area contributed by atoms with Crippen LogP contribution in [0, 0.1) is 5.41 Å². The van der Waals surface area contributed by atoms with Gasteiger partial charge in [0.25, 0.3) is 11.8 Å². The minimum atomic E-state index is -0.893. The number of hydrogen-bond acceptors (Lipinski definition) is 6. The van der Waals surface area contributed by atoms with Crippen LogP contribution in [-0.2, 0) is 11.4 Å². The summed E-state index contributed by atoms with van der Waals surface area (Å²) in [5.41, 5.74) is 1.86. The molecule has 1 aromatic heterocycles. The van der Waals surface area contributed by atoms with Gasteiger partial charge in [-0.1, -0.05) is 91.0 Å². The van der Waals surface area contributed by atoms with Crippen molar-refractivity contribution in [2.24, 2.45) is 5.41 Å². The first-order chi connectivity index (χ1) is 19.8. The number of nitrogens with zero attached hydrogens (tertiary/aromatic N) is 2. The number of carbonyl (C=O) groups excluding carboxylic acids is 2. The lowest BCUT2D eigenvalue weighted by atomic mass is 9.67. The smallest absolute Gasteiger partial charge is 0.309 e. The summed E-state index contributed by atoms with van der Waals surface area (Å²) in [7, 11) is 0. The molecule has 9 heteroatoms. The largest absolute Gasteiger partial charge is 0.481 e. The molecule has 1 fully saturated rings. The van der Waals surface area contributed by atoms with E-state index in [1.165, 1.54) is 6.20 Å². The summed E-state index contributed by atoms with van der Waals surface area (Å²) in [4.78, 5) is 46.5. The zero-order valence-corrected chi connectivity index (χ0v) is 22.5. The fourth-order valence-corrected chi connectivity index (χ4v) is 4.88. The van der Waals surface area contributed by atoms with Crippen molar-refractivity contribution in [2.45, 2.75) is 38.5 Å². The molecule has 3 N–H and O–H groups in total. The highest BCUT2D eigenvalue weighted by Crippen LogP contribution is 2.40. The number of rotatable bonds is 10. The van der Waals surface area contributed by atoms with Gasteiger partial charge in [-0.05, 0) is 36.5 Å². The van der Waals surface area contributed by atoms with Crippen LogP contribution in [0.15, 0.2) is 97.2 Å². The van der Waals surface area contributed by atoms with Crippen LogP contribution in [0.1, 0.15) is 63.5 Å². The molecule has 3 aromatic carbocycles. The third-order valence-corrected chi connectivity index (χ3v) is 7.21. The van der Waals surface area contributed by atoms with Crippen LogP contribution in [0.5, 0.6) is 5.88 Å². The first-order valence-electron chi connectivity index (χ1n) is 13.3. The van der Waals surface area contributed by atoms with E-state index in [2.05, 4.69) is 20.6 Å². The van der Waals surface area contributed by atoms with Crippen molar-refractivity contribution >= 4 is 17.8 Å². The fourth-order valence-electron chi connectivity index (χ4n) is 4.88. The Morgan fingerprint density at radius 2 is 1.46 bits per heavy atom. The third-order valence-electron chi connectivity index (χ3n) is 7.21. The van der Waals surface area contributed by atoms with Crippen LogP contribution < -0.4 is 15.4 Å². The monoisotopic (exact) mass is 550 g/mol. The van der Waals surface area contributed by atoms with Crippen molar-refractivity contribution in [3.05, 3.63) is 125 Å². The molecule has 1 saturated carbocycles. The molecule has 208 valence electrons. The molecule has 0 radical (unpaired) electrons. The molecule has 1 aliphatic rings. The van der Waals surface area contributed by atoms with Gasteiger partial charge in [-0.2, -0.15) is 4.98 Å². The van der Waals surface area contributed by atoms with Gasteiger partial charge in [0.1, 0.15) is 12.2 Å². The van der Waals surface area contributed by atoms with Crippen molar-refractivity contribution in [2.75, 3.05) is 0 Å². The van der Waals surface area contributed by atoms with Crippen molar-refractivity contribution in [3.8, 4) is 5.88 Å². The van der Waals surface area contributed by atoms with E-state index in [9.17, 15) is 19.5 Å². The number of amides is 2. The molecule has 0 aliphatic heterocycles. The number of carbonyl (C=O) groups is 3. The maximum atomic E-state index is 13.7. The van der Waals surface area contributed by atoms with Gasteiger partial charge in [-0.15, -0.1) is 0 Å². The lowest BCUT2D eigenvalue weighted by molar-refractivity contribution is -0.154. The molecule has 41 heavy (non-hydrogen) atoms. The summed E-state index contributed by atoms with van der Waals surface area (Å²) < 4.78 is 5.97. The van der Waals surface area contributed by atoms with Crippen LogP contribution in [0.25, 0.3) is 0 Å². The number of carboxylic acid groups (broad SMARTS) is 1. The zero-order valence-electron chi connectivity index (χ0n) is 22.5. The molecule has 0 saturated heterocycles. The minimum absolute atomic E-state index is 0.0321. The molecule has 0 spiro atoms. The first-order valence-corrected chi connectivity index (χ1v) is 13.3. The molecule has 2 amide bonds. The molecular weight excluding hydrogens is 520 g/mol. The Hall–Kier alpha value is -5.05. The van der Waals surface area contributed by atoms with E-state index in [-0.39, 0.29) is 29.9 Å². The van der Waals surface area contributed by atoms with Gasteiger partial charge in [0, 0.05) is 12.2 Å². The van der Waals surface area contributed by atoms with Gasteiger partial charge in [-0.3, -0.25) is 14.4 Å². The molecule has 0 unspecified atom stereocenters. The summed E-state index contributed by atoms with van der Waals surface area (Å²) in [5.74, 6) is -2.12. The maximum Gasteiger partial charge on any atom is 0.309 e. The Morgan fingerprint density at radius 3 is 2.02 bits per heavy atom. The predicted molar refractivity (Wildman–Crippen MR) is 151 cm³/mol. The number of aromatic nitrogens is 2. The molecule has 5 rings (SSSR count). The van der Waals surface area contributed by atoms with E-state index >= 15 is 0 Å². The van der Waals surface area contributed by atoms with Gasteiger partial charge in [0.05, 0.1) is 11.5 Å². The first kappa shape index (κ1) is 27.5. The number of benzene rings is 3. The quantitative estimate of drug-likeness (QED) is 0.264. The Balaban J connectivity index is 1.40. The molecule has 1 aliphatic carbocycles. The second kappa shape index (κ2) is 12.0. The standard InChI is InChI=1S/C32H30N4O5/c1-32(31(39)40)17-24(18-32)34-29(38)27-33-19-25(30(36-27)41-20-21-11-5-2-6-12-21)28(37)35-26(22-13-7-3-8-14-22)23-15-9-4-10-16-23/h2-16,19,24,26H,17-18,20H2,1H3,(H,34,38)(H,35,37)(H,39,40). The number of nitrogens with one attached hydrogen (secondary N) is 2. The van der Waals surface area contributed by atoms with Gasteiger partial charge in [-0.25, -0.2) is 4.98 Å². The Kier molecular flexibility index (Phi) is 8.05. The number of hydrogen-bond donors (Lipinski definition) is 3. The average Bonchev–Trinajstić information content (AvgIpc) is 2.99. The molecule has 1 heterocycles. The van der Waals surface area contributed by atoms with Crippen LogP contribution in [0.2, 0.25) is 0 Å². The number of ether oxygens (including phenoxy) is 1. The molecular formula is C32H30N4O5. The lowest BCUT2D eigenvalue weighted by Gasteiger charge is -2.41. The number of aliphatic carboxylic acids is 1. The van der Waals surface area contributed by atoms with Crippen molar-refractivity contribution in [1.29, 1.82) is 0 Å². The van der Waals surface area contributed by atoms with E-state index in [1.54, 1.807) is 6.92 Å². The summed E-state index contributed by atoms with van der Waals surface area (Å²) in [6.07, 6.45) is 1.91. The second-order valence-electron chi connectivity index (χ2n) is 10.4. The van der Waals surface area contributed by atoms with Crippen LogP contribution >= 0.6 is 0 Å². The number of carboxylic acids is 1. The van der Waals surface area contributed by atoms with Gasteiger partial charge < -0.3 is 20.5 Å². The third kappa shape index (κ3) is 6.41. The fraction of sp³-hybridized carbons (Fsp3) is 0.219. The topological polar surface area (TPSA) is 131 Å². The molecule has 0 bridgehead atoms. The normalized spacial score (nSPS) is 17.8. The highest BCUT2D eigenvalue weighted by molar-refractivity contribution is 5.97. The van der Waals surface area contributed by atoms with Gasteiger partial charge in [0.15, 0.2) is 0 Å². The predicted octanol–water partition coefficient (Wildman–Crippen LogP) is 4.56. The van der Waals surface area contributed by atoms with E-state index in [0.29, 0.717) is 12.8 Å². The Bertz CT molecular complexity index is 1480. The van der Waals surface area contributed by atoms with Crippen LogP contribution in [-0.4, -0.2) is 38.9 Å². The molecule has 4 aromatic rings. The Labute approximate surface area is 237 Å². The highest BCUT2D eigenvalue weighted by Gasteiger charge is 2.47. The summed E-state index contributed by atoms with van der Waals surface area (Å²) in [5, 5.41) is 15.2. The summed E-state index contributed by atoms with van der Waals surface area (Å²) in [6.45, 7) is 1.77. The second-order valence-corrected chi connectivity index (χ2v) is 10.4. The van der Waals surface area contributed by atoms with Crippen LogP contribution in [0.3, 0.4) is 0 Å². The average molecular weight is 551 g/mol. The molecule has 9 nitrogen and oxygen atoms in total. The zero-order chi connectivity index (χ0) is 28.8. The lowest BCUT2D eigenvalue weighted by Crippen LogP contribution is -2.53. The SMILES string of the molecule is CC1(C(=O)O)CC(NC(=O)c2ncc(C(=O)NC(c3ccccc3)c3ccccc3)c(OCc3ccccc3)n2)C1. The van der Waals surface area contributed by atoms with Crippen LogP contribution in [0.4, 0.5) is 0 Å². The van der Waals surface area contributed by atoms with E-state index in [4.69, 9.17) is 4.74 Å². The van der Waals surface area contributed by atoms with E-state index in [0.717, 1.165) is 16.7 Å². The van der Waals surface area contributed by atoms with E-state index in [1.807, 2.05) is 91.0 Å². The van der Waals surface area contributed by atoms with Crippen molar-refractivity contribution in [3.63, 3.8) is 0 Å². The van der Waals surface area contributed by atoms with Gasteiger partial charge >= 0.3 is 5.97 Å². The minimum Gasteiger partial charge on any atom is -0.481 e. The van der Waals surface area contributed by atoms with E-state index < -0.39 is 29.2 Å². The van der Waals surface area contributed by atoms with Gasteiger partial charge in [0.2, 0.25) is 11.7 Å². The maximum absolute atomic E-state index is 13.7. The van der Waals surface area contributed by atoms with Crippen molar-refractivity contribution < 1.29 is 24.2 Å². The summed E-state index contributed by atoms with van der Waals surface area (Å²) >= 11 is 0. The van der Waals surface area contributed by atoms with Crippen molar-refractivity contribution in [1.82, 2.24) is 20.6 Å². The highest BCUT2D eigenvalue weighted by atomic mass is 16.5. The molecule has 0 atom stereocenters. The Morgan fingerprint density at radius 1 is 0.902 bits per heavy atom. The summed E-state index contributed by atoms with van der Waals surface area (Å²) in [6, 6.07) is 27.8.